The lowest BCUT2D eigenvalue weighted by Crippen LogP contribution is -2.40. The molecule has 0 aromatic heterocycles. The topological polar surface area (TPSA) is 180 Å². The molecule has 14 heteroatoms. The Balaban J connectivity index is 3.74. The molecule has 2 atom stereocenters. The van der Waals surface area contributed by atoms with Gasteiger partial charge in [-0.05, 0) is 67.8 Å². The summed E-state index contributed by atoms with van der Waals surface area (Å²) in [6, 6.07) is 0. The van der Waals surface area contributed by atoms with Crippen molar-refractivity contribution >= 4 is 91.2 Å². The van der Waals surface area contributed by atoms with Crippen molar-refractivity contribution in [3.8, 4) is 0 Å². The SMILES string of the molecule is CC(=O)N(C[C@H](O)CO)c1c(I)c(C(=O)NCCO)c(I)c(C(=O)NC[C@@H](O)CO)c1I. The largest absolute Gasteiger partial charge is 0.395 e. The van der Waals surface area contributed by atoms with Crippen LogP contribution in [-0.2, 0) is 4.79 Å². The lowest BCUT2D eigenvalue weighted by atomic mass is 10.1. The average molecular weight is 791 g/mol. The number of amides is 3. The summed E-state index contributed by atoms with van der Waals surface area (Å²) in [7, 11) is 0. The third-order valence-corrected chi connectivity index (χ3v) is 7.29. The summed E-state index contributed by atoms with van der Waals surface area (Å²) >= 11 is 5.56. The quantitative estimate of drug-likeness (QED) is 0.140. The Morgan fingerprint density at radius 2 is 1.38 bits per heavy atom. The van der Waals surface area contributed by atoms with Crippen molar-refractivity contribution in [3.05, 3.63) is 21.8 Å². The maximum atomic E-state index is 12.9. The third kappa shape index (κ3) is 7.57. The van der Waals surface area contributed by atoms with Crippen LogP contribution in [0.3, 0.4) is 0 Å². The number of aliphatic hydroxyl groups excluding tert-OH is 5. The summed E-state index contributed by atoms with van der Waals surface area (Å²) in [5.74, 6) is -1.72. The van der Waals surface area contributed by atoms with E-state index in [2.05, 4.69) is 10.6 Å². The highest BCUT2D eigenvalue weighted by molar-refractivity contribution is 14.1. The van der Waals surface area contributed by atoms with Crippen molar-refractivity contribution in [2.24, 2.45) is 0 Å². The van der Waals surface area contributed by atoms with Crippen LogP contribution in [0.15, 0.2) is 0 Å². The number of nitrogens with zero attached hydrogens (tertiary/aromatic N) is 1. The summed E-state index contributed by atoms with van der Waals surface area (Å²) < 4.78 is 0.920. The van der Waals surface area contributed by atoms with Crippen LogP contribution in [0.2, 0.25) is 0 Å². The highest BCUT2D eigenvalue weighted by atomic mass is 127. The number of carbonyl (C=O) groups excluding carboxylic acids is 3. The highest BCUT2D eigenvalue weighted by Crippen LogP contribution is 2.38. The van der Waals surface area contributed by atoms with Crippen molar-refractivity contribution in [1.29, 1.82) is 0 Å². The normalized spacial score (nSPS) is 12.8. The van der Waals surface area contributed by atoms with Gasteiger partial charge in [-0.15, -0.1) is 0 Å². The van der Waals surface area contributed by atoms with Gasteiger partial charge in [-0.3, -0.25) is 14.4 Å². The summed E-state index contributed by atoms with van der Waals surface area (Å²) in [4.78, 5) is 39.4. The Morgan fingerprint density at radius 3 is 1.81 bits per heavy atom. The smallest absolute Gasteiger partial charge is 0.253 e. The predicted molar refractivity (Wildman–Crippen MR) is 141 cm³/mol. The zero-order chi connectivity index (χ0) is 24.6. The lowest BCUT2D eigenvalue weighted by Gasteiger charge is -2.28. The van der Waals surface area contributed by atoms with Gasteiger partial charge in [0.15, 0.2) is 0 Å². The first-order valence-corrected chi connectivity index (χ1v) is 12.5. The van der Waals surface area contributed by atoms with Gasteiger partial charge < -0.3 is 41.1 Å². The van der Waals surface area contributed by atoms with Gasteiger partial charge in [0.05, 0.1) is 62.5 Å². The first-order valence-electron chi connectivity index (χ1n) is 9.25. The first kappa shape index (κ1) is 29.7. The lowest BCUT2D eigenvalue weighted by molar-refractivity contribution is -0.117. The van der Waals surface area contributed by atoms with E-state index in [1.54, 1.807) is 0 Å². The van der Waals surface area contributed by atoms with Crippen LogP contribution in [0.4, 0.5) is 5.69 Å². The second-order valence-corrected chi connectivity index (χ2v) is 9.77. The van der Waals surface area contributed by atoms with Crippen LogP contribution in [0.5, 0.6) is 0 Å². The zero-order valence-electron chi connectivity index (χ0n) is 16.9. The number of anilines is 1. The second-order valence-electron chi connectivity index (χ2n) is 6.53. The maximum Gasteiger partial charge on any atom is 0.253 e. The zero-order valence-corrected chi connectivity index (χ0v) is 23.4. The minimum atomic E-state index is -1.26. The fourth-order valence-electron chi connectivity index (χ4n) is 2.55. The summed E-state index contributed by atoms with van der Waals surface area (Å²) in [5.41, 5.74) is 0.354. The molecule has 0 aliphatic heterocycles. The molecule has 1 aromatic carbocycles. The molecule has 0 bridgehead atoms. The molecule has 32 heavy (non-hydrogen) atoms. The van der Waals surface area contributed by atoms with Crippen molar-refractivity contribution in [3.63, 3.8) is 0 Å². The van der Waals surface area contributed by atoms with E-state index in [-0.39, 0.29) is 46.6 Å². The van der Waals surface area contributed by atoms with Gasteiger partial charge in [0.2, 0.25) is 5.91 Å². The number of hydrogen-bond acceptors (Lipinski definition) is 8. The Labute approximate surface area is 225 Å². The van der Waals surface area contributed by atoms with E-state index in [0.29, 0.717) is 7.14 Å². The van der Waals surface area contributed by atoms with E-state index >= 15 is 0 Å². The highest BCUT2D eigenvalue weighted by Gasteiger charge is 2.32. The molecule has 0 aliphatic rings. The number of aliphatic hydroxyl groups is 5. The minimum Gasteiger partial charge on any atom is -0.395 e. The fraction of sp³-hybridized carbons (Fsp3) is 0.500. The second kappa shape index (κ2) is 14.1. The molecule has 0 unspecified atom stereocenters. The Morgan fingerprint density at radius 1 is 0.875 bits per heavy atom. The van der Waals surface area contributed by atoms with Crippen molar-refractivity contribution in [2.75, 3.05) is 44.4 Å². The van der Waals surface area contributed by atoms with Gasteiger partial charge in [0.25, 0.3) is 11.8 Å². The number of halogens is 3. The minimum absolute atomic E-state index is 0.0316. The number of rotatable bonds is 11. The van der Waals surface area contributed by atoms with Crippen LogP contribution in [0, 0.1) is 10.7 Å². The molecule has 0 spiro atoms. The molecule has 0 heterocycles. The summed E-state index contributed by atoms with van der Waals surface area (Å²) in [6.07, 6.45) is -2.44. The molecular weight excluding hydrogens is 767 g/mol. The molecule has 1 rings (SSSR count). The van der Waals surface area contributed by atoms with E-state index in [9.17, 15) is 29.7 Å². The van der Waals surface area contributed by atoms with E-state index < -0.39 is 43.1 Å². The van der Waals surface area contributed by atoms with Gasteiger partial charge in [-0.2, -0.15) is 0 Å². The van der Waals surface area contributed by atoms with Crippen molar-refractivity contribution in [2.45, 2.75) is 19.1 Å². The number of benzene rings is 1. The van der Waals surface area contributed by atoms with E-state index in [1.165, 1.54) is 11.8 Å². The molecule has 180 valence electrons. The van der Waals surface area contributed by atoms with Gasteiger partial charge in [0, 0.05) is 23.6 Å². The van der Waals surface area contributed by atoms with Crippen LogP contribution in [0.1, 0.15) is 27.6 Å². The molecule has 0 fully saturated rings. The van der Waals surface area contributed by atoms with Gasteiger partial charge in [0.1, 0.15) is 0 Å². The molecule has 0 radical (unpaired) electrons. The van der Waals surface area contributed by atoms with Gasteiger partial charge in [-0.1, -0.05) is 0 Å². The Bertz CT molecular complexity index is 855. The van der Waals surface area contributed by atoms with E-state index in [4.69, 9.17) is 10.2 Å². The van der Waals surface area contributed by atoms with Crippen LogP contribution in [-0.4, -0.2) is 94.9 Å². The molecule has 0 saturated heterocycles. The molecule has 3 amide bonds. The predicted octanol–water partition coefficient (Wildman–Crippen LogP) is -0.988. The Hall–Kier alpha value is -0.380. The average Bonchev–Trinajstić information content (AvgIpc) is 2.74. The number of hydrogen-bond donors (Lipinski definition) is 7. The Kier molecular flexibility index (Phi) is 13.1. The molecule has 7 N–H and O–H groups in total. The van der Waals surface area contributed by atoms with Crippen LogP contribution in [0.25, 0.3) is 0 Å². The van der Waals surface area contributed by atoms with Crippen LogP contribution < -0.4 is 15.5 Å². The standard InChI is InChI=1S/C18H24I3N3O8/c1-8(28)24(5-10(30)7-27)16-14(20)11(17(31)22-2-3-25)13(19)12(15(16)21)18(32)23-4-9(29)6-26/h9-10,25-27,29-30H,2-7H2,1H3,(H,22,31)(H,23,32)/t9-,10+/m1/s1. The van der Waals surface area contributed by atoms with Crippen molar-refractivity contribution in [1.82, 2.24) is 10.6 Å². The van der Waals surface area contributed by atoms with E-state index in [1.807, 2.05) is 67.8 Å². The monoisotopic (exact) mass is 791 g/mol. The first-order chi connectivity index (χ1) is 15.0. The van der Waals surface area contributed by atoms with Gasteiger partial charge >= 0.3 is 0 Å². The molecule has 1 aromatic rings. The fourth-order valence-corrected chi connectivity index (χ4v) is 7.28. The number of carbonyl (C=O) groups is 3. The van der Waals surface area contributed by atoms with Crippen molar-refractivity contribution < 1.29 is 39.9 Å². The van der Waals surface area contributed by atoms with Gasteiger partial charge in [-0.25, -0.2) is 0 Å². The summed E-state index contributed by atoms with van der Waals surface area (Å²) in [5, 5.41) is 51.8. The third-order valence-electron chi connectivity index (χ3n) is 4.11. The molecule has 0 aliphatic carbocycles. The molecule has 0 saturated carbocycles. The van der Waals surface area contributed by atoms with Crippen LogP contribution >= 0.6 is 67.8 Å². The molecular formula is C18H24I3N3O8. The maximum absolute atomic E-state index is 12.9. The number of nitrogens with one attached hydrogen (secondary N) is 2. The van der Waals surface area contributed by atoms with E-state index in [0.717, 1.165) is 0 Å². The molecule has 11 nitrogen and oxygen atoms in total. The summed E-state index contributed by atoms with van der Waals surface area (Å²) in [6.45, 7) is -0.761.